The van der Waals surface area contributed by atoms with Crippen molar-refractivity contribution in [2.45, 2.75) is 17.3 Å². The molecule has 0 spiro atoms. The molecule has 2 atom stereocenters. The second-order valence-corrected chi connectivity index (χ2v) is 8.85. The van der Waals surface area contributed by atoms with Crippen LogP contribution in [0.2, 0.25) is 5.02 Å². The van der Waals surface area contributed by atoms with Gasteiger partial charge in [-0.05, 0) is 48.5 Å². The molecule has 1 saturated heterocycles. The van der Waals surface area contributed by atoms with Gasteiger partial charge < -0.3 is 14.2 Å². The summed E-state index contributed by atoms with van der Waals surface area (Å²) in [5, 5.41) is 0.644. The van der Waals surface area contributed by atoms with Crippen LogP contribution in [0.5, 0.6) is 5.75 Å². The molecular weight excluding hydrogens is 426 g/mol. The molecule has 1 aliphatic heterocycles. The van der Waals surface area contributed by atoms with E-state index in [9.17, 15) is 8.42 Å². The Morgan fingerprint density at radius 2 is 1.77 bits per heavy atom. The summed E-state index contributed by atoms with van der Waals surface area (Å²) in [6.45, 7) is 0.705. The van der Waals surface area contributed by atoms with Crippen molar-refractivity contribution in [2.75, 3.05) is 17.9 Å². The maximum Gasteiger partial charge on any atom is 0.261 e. The highest BCUT2D eigenvalue weighted by molar-refractivity contribution is 7.92. The highest BCUT2D eigenvalue weighted by atomic mass is 35.5. The van der Waals surface area contributed by atoms with Gasteiger partial charge >= 0.3 is 0 Å². The molecule has 0 aliphatic carbocycles. The summed E-state index contributed by atoms with van der Waals surface area (Å²) < 4.78 is 45.0. The van der Waals surface area contributed by atoms with Crippen LogP contribution in [-0.2, 0) is 19.5 Å². The van der Waals surface area contributed by atoms with Crippen LogP contribution in [0.1, 0.15) is 11.9 Å². The molecule has 1 fully saturated rings. The van der Waals surface area contributed by atoms with Crippen molar-refractivity contribution in [1.29, 1.82) is 0 Å². The van der Waals surface area contributed by atoms with Gasteiger partial charge in [0.1, 0.15) is 18.5 Å². The quantitative estimate of drug-likeness (QED) is 0.573. The molecule has 0 amide bonds. The lowest BCUT2D eigenvalue weighted by atomic mass is 10.2. The van der Waals surface area contributed by atoms with E-state index in [1.807, 2.05) is 6.07 Å². The van der Waals surface area contributed by atoms with E-state index >= 15 is 0 Å². The van der Waals surface area contributed by atoms with Crippen LogP contribution < -0.4 is 9.46 Å². The lowest BCUT2D eigenvalue weighted by Crippen LogP contribution is -2.20. The topological polar surface area (TPSA) is 73.9 Å². The predicted octanol–water partition coefficient (Wildman–Crippen LogP) is 4.63. The second-order valence-electron chi connectivity index (χ2n) is 6.73. The molecule has 1 aliphatic rings. The van der Waals surface area contributed by atoms with Gasteiger partial charge in [-0.15, -0.1) is 0 Å². The first-order valence-corrected chi connectivity index (χ1v) is 11.2. The molecule has 3 aromatic carbocycles. The van der Waals surface area contributed by atoms with Gasteiger partial charge in [-0.1, -0.05) is 41.9 Å². The molecule has 0 aromatic heterocycles. The third-order valence-corrected chi connectivity index (χ3v) is 6.11. The normalized spacial score (nSPS) is 18.8. The number of anilines is 1. The van der Waals surface area contributed by atoms with Gasteiger partial charge in [-0.2, -0.15) is 0 Å². The largest absolute Gasteiger partial charge is 0.491 e. The predicted molar refractivity (Wildman–Crippen MR) is 114 cm³/mol. The number of sulfonamides is 1. The summed E-state index contributed by atoms with van der Waals surface area (Å²) in [7, 11) is -3.67. The number of ether oxygens (including phenoxy) is 3. The standard InChI is InChI=1S/C22H20ClNO5S/c23-17-9-11-19(12-10-17)27-14-20-15-28-22(29-20)16-5-4-6-18(13-16)24-30(25,26)21-7-2-1-3-8-21/h1-13,20,22,24H,14-15H2. The number of hydrogen-bond acceptors (Lipinski definition) is 5. The molecule has 0 bridgehead atoms. The monoisotopic (exact) mass is 445 g/mol. The lowest BCUT2D eigenvalue weighted by molar-refractivity contribution is -0.0658. The van der Waals surface area contributed by atoms with Gasteiger partial charge in [0.05, 0.1) is 11.5 Å². The first-order valence-electron chi connectivity index (χ1n) is 9.33. The Hall–Kier alpha value is -2.58. The third-order valence-electron chi connectivity index (χ3n) is 4.46. The molecule has 0 radical (unpaired) electrons. The minimum absolute atomic E-state index is 0.197. The Bertz CT molecular complexity index is 1090. The smallest absolute Gasteiger partial charge is 0.261 e. The number of nitrogens with one attached hydrogen (secondary N) is 1. The van der Waals surface area contributed by atoms with Crippen molar-refractivity contribution < 1.29 is 22.6 Å². The fourth-order valence-electron chi connectivity index (χ4n) is 2.99. The van der Waals surface area contributed by atoms with Gasteiger partial charge in [-0.25, -0.2) is 8.42 Å². The van der Waals surface area contributed by atoms with Crippen LogP contribution in [0.15, 0.2) is 83.8 Å². The van der Waals surface area contributed by atoms with Gasteiger partial charge in [-0.3, -0.25) is 4.72 Å². The Kier molecular flexibility index (Phi) is 6.24. The average Bonchev–Trinajstić information content (AvgIpc) is 3.23. The van der Waals surface area contributed by atoms with Gasteiger partial charge in [0.15, 0.2) is 6.29 Å². The maximum atomic E-state index is 12.5. The van der Waals surface area contributed by atoms with E-state index < -0.39 is 16.3 Å². The van der Waals surface area contributed by atoms with E-state index in [0.717, 1.165) is 5.56 Å². The van der Waals surface area contributed by atoms with E-state index in [1.54, 1.807) is 72.8 Å². The van der Waals surface area contributed by atoms with E-state index in [2.05, 4.69) is 4.72 Å². The molecule has 30 heavy (non-hydrogen) atoms. The number of rotatable bonds is 7. The van der Waals surface area contributed by atoms with Gasteiger partial charge in [0.25, 0.3) is 10.0 Å². The molecule has 1 heterocycles. The third kappa shape index (κ3) is 5.12. The van der Waals surface area contributed by atoms with Crippen LogP contribution in [0.4, 0.5) is 5.69 Å². The molecule has 3 aromatic rings. The Labute approximate surface area is 180 Å². The van der Waals surface area contributed by atoms with Crippen LogP contribution >= 0.6 is 11.6 Å². The number of hydrogen-bond donors (Lipinski definition) is 1. The van der Waals surface area contributed by atoms with Gasteiger partial charge in [0, 0.05) is 16.3 Å². The minimum atomic E-state index is -3.67. The second kappa shape index (κ2) is 9.06. The zero-order valence-electron chi connectivity index (χ0n) is 15.9. The van der Waals surface area contributed by atoms with Gasteiger partial charge in [0.2, 0.25) is 0 Å². The minimum Gasteiger partial charge on any atom is -0.491 e. The zero-order valence-corrected chi connectivity index (χ0v) is 17.5. The first kappa shape index (κ1) is 20.7. The van der Waals surface area contributed by atoms with E-state index in [4.69, 9.17) is 25.8 Å². The molecule has 2 unspecified atom stereocenters. The number of halogens is 1. The van der Waals surface area contributed by atoms with Crippen molar-refractivity contribution in [1.82, 2.24) is 0 Å². The van der Waals surface area contributed by atoms with Crippen LogP contribution in [-0.4, -0.2) is 27.7 Å². The molecular formula is C22H20ClNO5S. The molecule has 4 rings (SSSR count). The summed E-state index contributed by atoms with van der Waals surface area (Å²) in [5.41, 5.74) is 1.15. The average molecular weight is 446 g/mol. The van der Waals surface area contributed by atoms with E-state index in [0.29, 0.717) is 29.7 Å². The van der Waals surface area contributed by atoms with Crippen molar-refractivity contribution >= 4 is 27.3 Å². The summed E-state index contributed by atoms with van der Waals surface area (Å²) in [6, 6.07) is 22.3. The number of benzene rings is 3. The Balaban J connectivity index is 1.37. The summed E-state index contributed by atoms with van der Waals surface area (Å²) in [4.78, 5) is 0.197. The zero-order chi connectivity index (χ0) is 21.0. The molecule has 1 N–H and O–H groups in total. The molecule has 8 heteroatoms. The summed E-state index contributed by atoms with van der Waals surface area (Å²) in [6.07, 6.45) is -0.833. The van der Waals surface area contributed by atoms with Crippen LogP contribution in [0, 0.1) is 0 Å². The van der Waals surface area contributed by atoms with Crippen molar-refractivity contribution in [3.8, 4) is 5.75 Å². The first-order chi connectivity index (χ1) is 14.5. The fourth-order valence-corrected chi connectivity index (χ4v) is 4.19. The summed E-state index contributed by atoms with van der Waals surface area (Å²) >= 11 is 5.87. The molecule has 6 nitrogen and oxygen atoms in total. The van der Waals surface area contributed by atoms with Crippen molar-refractivity contribution in [3.05, 3.63) is 89.4 Å². The summed E-state index contributed by atoms with van der Waals surface area (Å²) in [5.74, 6) is 0.698. The highest BCUT2D eigenvalue weighted by Crippen LogP contribution is 2.29. The molecule has 0 saturated carbocycles. The fraction of sp³-hybridized carbons (Fsp3) is 0.182. The maximum absolute atomic E-state index is 12.5. The SMILES string of the molecule is O=S(=O)(Nc1cccc(C2OCC(COc3ccc(Cl)cc3)O2)c1)c1ccccc1. The highest BCUT2D eigenvalue weighted by Gasteiger charge is 2.28. The Morgan fingerprint density at radius 1 is 1.00 bits per heavy atom. The Morgan fingerprint density at radius 3 is 2.53 bits per heavy atom. The van der Waals surface area contributed by atoms with Crippen LogP contribution in [0.25, 0.3) is 0 Å². The molecule has 156 valence electrons. The van der Waals surface area contributed by atoms with E-state index in [-0.39, 0.29) is 11.0 Å². The van der Waals surface area contributed by atoms with Crippen molar-refractivity contribution in [2.24, 2.45) is 0 Å². The van der Waals surface area contributed by atoms with Crippen LogP contribution in [0.3, 0.4) is 0 Å². The lowest BCUT2D eigenvalue weighted by Gasteiger charge is -2.14. The van der Waals surface area contributed by atoms with E-state index in [1.165, 1.54) is 0 Å². The van der Waals surface area contributed by atoms with Crippen molar-refractivity contribution in [3.63, 3.8) is 0 Å².